The highest BCUT2D eigenvalue weighted by molar-refractivity contribution is 5.91. The van der Waals surface area contributed by atoms with E-state index in [-0.39, 0.29) is 30.4 Å². The van der Waals surface area contributed by atoms with Crippen LogP contribution in [0.3, 0.4) is 0 Å². The predicted molar refractivity (Wildman–Crippen MR) is 80.2 cm³/mol. The smallest absolute Gasteiger partial charge is 0.329 e. The van der Waals surface area contributed by atoms with E-state index in [1.54, 1.807) is 18.6 Å². The third-order valence-corrected chi connectivity index (χ3v) is 4.70. The van der Waals surface area contributed by atoms with Crippen LogP contribution in [0.1, 0.15) is 12.0 Å². The third kappa shape index (κ3) is 2.77. The molecule has 7 heteroatoms. The van der Waals surface area contributed by atoms with E-state index in [4.69, 9.17) is 5.73 Å². The fourth-order valence-electron chi connectivity index (χ4n) is 3.35. The van der Waals surface area contributed by atoms with Gasteiger partial charge in [-0.2, -0.15) is 0 Å². The molecule has 0 bridgehead atoms. The monoisotopic (exact) mass is 319 g/mol. The lowest BCUT2D eigenvalue weighted by molar-refractivity contribution is -0.149. The summed E-state index contributed by atoms with van der Waals surface area (Å²) < 4.78 is 0. The highest BCUT2D eigenvalue weighted by Crippen LogP contribution is 2.56. The van der Waals surface area contributed by atoms with Crippen molar-refractivity contribution in [3.63, 3.8) is 0 Å². The molecular weight excluding hydrogens is 300 g/mol. The molecule has 3 rings (SSSR count). The Balaban J connectivity index is 1.68. The van der Waals surface area contributed by atoms with Gasteiger partial charge in [-0.1, -0.05) is 12.1 Å². The zero-order valence-corrected chi connectivity index (χ0v) is 12.3. The lowest BCUT2D eigenvalue weighted by Crippen LogP contribution is -2.59. The summed E-state index contributed by atoms with van der Waals surface area (Å²) in [5.41, 5.74) is 5.17. The standard InChI is InChI=1S/C16H19N2O5/c17-12(5-8-1-3-9(19)4-2-8)14(21)18-16(15(22)23)7-13(20)10-6-11(10)16/h1-4,6,10-13,19-20H,5,7,17H2,(H,18,21)(H,22,23)/t10-,11+,12-,13-,16-/m0/s1. The Labute approximate surface area is 133 Å². The molecule has 0 heterocycles. The molecule has 1 radical (unpaired) electrons. The zero-order valence-electron chi connectivity index (χ0n) is 12.3. The maximum Gasteiger partial charge on any atom is 0.329 e. The highest BCUT2D eigenvalue weighted by atomic mass is 16.4. The second-order valence-corrected chi connectivity index (χ2v) is 6.31. The quantitative estimate of drug-likeness (QED) is 0.493. The van der Waals surface area contributed by atoms with E-state index in [1.165, 1.54) is 12.1 Å². The number of carboxylic acid groups (broad SMARTS) is 1. The second-order valence-electron chi connectivity index (χ2n) is 6.31. The summed E-state index contributed by atoms with van der Waals surface area (Å²) in [4.78, 5) is 24.0. The van der Waals surface area contributed by atoms with Gasteiger partial charge in [-0.15, -0.1) is 0 Å². The number of hydrogen-bond donors (Lipinski definition) is 5. The van der Waals surface area contributed by atoms with Crippen LogP contribution < -0.4 is 11.1 Å². The predicted octanol–water partition coefficient (Wildman–Crippen LogP) is -0.584. The van der Waals surface area contributed by atoms with E-state index in [2.05, 4.69) is 5.32 Å². The van der Waals surface area contributed by atoms with Crippen LogP contribution in [0.2, 0.25) is 0 Å². The van der Waals surface area contributed by atoms with Gasteiger partial charge in [0.05, 0.1) is 12.1 Å². The Hall–Kier alpha value is -2.12. The number of phenols is 1. The lowest BCUT2D eigenvalue weighted by atomic mass is 9.91. The Kier molecular flexibility index (Phi) is 3.77. The van der Waals surface area contributed by atoms with Crippen molar-refractivity contribution in [1.29, 1.82) is 0 Å². The van der Waals surface area contributed by atoms with Gasteiger partial charge < -0.3 is 26.4 Å². The van der Waals surface area contributed by atoms with Crippen molar-refractivity contribution >= 4 is 11.9 Å². The molecule has 0 spiro atoms. The van der Waals surface area contributed by atoms with Crippen molar-refractivity contribution in [3.8, 4) is 5.75 Å². The van der Waals surface area contributed by atoms with Gasteiger partial charge in [-0.05, 0) is 36.5 Å². The van der Waals surface area contributed by atoms with Crippen molar-refractivity contribution in [2.45, 2.75) is 30.5 Å². The van der Waals surface area contributed by atoms with Crippen LogP contribution >= 0.6 is 0 Å². The van der Waals surface area contributed by atoms with E-state index in [0.29, 0.717) is 0 Å². The van der Waals surface area contributed by atoms with Crippen molar-refractivity contribution in [1.82, 2.24) is 5.32 Å². The van der Waals surface area contributed by atoms with Gasteiger partial charge in [0.1, 0.15) is 11.3 Å². The number of nitrogens with two attached hydrogens (primary N) is 1. The minimum Gasteiger partial charge on any atom is -0.508 e. The number of aromatic hydroxyl groups is 1. The molecular formula is C16H19N2O5. The van der Waals surface area contributed by atoms with E-state index < -0.39 is 29.6 Å². The summed E-state index contributed by atoms with van der Waals surface area (Å²) in [7, 11) is 0. The van der Waals surface area contributed by atoms with Crippen LogP contribution in [0, 0.1) is 18.3 Å². The third-order valence-electron chi connectivity index (χ3n) is 4.70. The summed E-state index contributed by atoms with van der Waals surface area (Å²) in [6.07, 6.45) is 1.21. The molecule has 1 aromatic carbocycles. The molecule has 123 valence electrons. The van der Waals surface area contributed by atoms with Crippen molar-refractivity contribution < 1.29 is 24.9 Å². The van der Waals surface area contributed by atoms with Crippen molar-refractivity contribution in [3.05, 3.63) is 36.2 Å². The van der Waals surface area contributed by atoms with Gasteiger partial charge in [-0.3, -0.25) is 4.79 Å². The molecule has 0 aromatic heterocycles. The van der Waals surface area contributed by atoms with Crippen LogP contribution in [0.5, 0.6) is 5.75 Å². The number of fused-ring (bicyclic) bond motifs is 1. The number of nitrogens with one attached hydrogen (secondary N) is 1. The van der Waals surface area contributed by atoms with E-state index >= 15 is 0 Å². The first kappa shape index (κ1) is 15.8. The molecule has 2 aliphatic carbocycles. The van der Waals surface area contributed by atoms with Crippen LogP contribution in [0.15, 0.2) is 24.3 Å². The summed E-state index contributed by atoms with van der Waals surface area (Å²) in [5, 5.41) is 31.1. The van der Waals surface area contributed by atoms with Gasteiger partial charge in [-0.25, -0.2) is 4.79 Å². The number of rotatable bonds is 5. The van der Waals surface area contributed by atoms with Crippen molar-refractivity contribution in [2.75, 3.05) is 0 Å². The molecule has 2 fully saturated rings. The zero-order chi connectivity index (χ0) is 16.8. The van der Waals surface area contributed by atoms with Crippen LogP contribution in [-0.2, 0) is 16.0 Å². The average molecular weight is 319 g/mol. The molecule has 23 heavy (non-hydrogen) atoms. The number of aliphatic carboxylic acids is 1. The molecule has 0 saturated heterocycles. The fraction of sp³-hybridized carbons (Fsp3) is 0.438. The van der Waals surface area contributed by atoms with Gasteiger partial charge in [0.2, 0.25) is 5.91 Å². The SMILES string of the molecule is N[C@@H](Cc1ccc(O)cc1)C(=O)N[C@@]1(C(=O)O)C[C@H](O)[C@H]2[CH][C@H]21. The Morgan fingerprint density at radius 1 is 1.35 bits per heavy atom. The number of aliphatic hydroxyl groups excluding tert-OH is 1. The van der Waals surface area contributed by atoms with E-state index in [9.17, 15) is 24.9 Å². The van der Waals surface area contributed by atoms with Gasteiger partial charge in [0.25, 0.3) is 0 Å². The number of carbonyl (C=O) groups is 2. The topological polar surface area (TPSA) is 133 Å². The van der Waals surface area contributed by atoms with Gasteiger partial charge in [0.15, 0.2) is 0 Å². The molecule has 0 aliphatic heterocycles. The Morgan fingerprint density at radius 3 is 2.48 bits per heavy atom. The largest absolute Gasteiger partial charge is 0.508 e. The first-order chi connectivity index (χ1) is 10.8. The molecule has 1 amide bonds. The van der Waals surface area contributed by atoms with Gasteiger partial charge in [0, 0.05) is 12.3 Å². The number of carboxylic acids is 1. The summed E-state index contributed by atoms with van der Waals surface area (Å²) >= 11 is 0. The van der Waals surface area contributed by atoms with E-state index in [1.807, 2.05) is 0 Å². The number of carbonyl (C=O) groups excluding carboxylic acids is 1. The first-order valence-corrected chi connectivity index (χ1v) is 7.45. The summed E-state index contributed by atoms with van der Waals surface area (Å²) in [6.45, 7) is 0. The molecule has 2 aliphatic rings. The normalized spacial score (nSPS) is 32.9. The van der Waals surface area contributed by atoms with Crippen molar-refractivity contribution in [2.24, 2.45) is 17.6 Å². The lowest BCUT2D eigenvalue weighted by Gasteiger charge is -2.29. The van der Waals surface area contributed by atoms with Gasteiger partial charge >= 0.3 is 5.97 Å². The first-order valence-electron chi connectivity index (χ1n) is 7.45. The number of aliphatic hydroxyl groups is 1. The Morgan fingerprint density at radius 2 is 2.00 bits per heavy atom. The maximum atomic E-state index is 12.3. The highest BCUT2D eigenvalue weighted by Gasteiger charge is 2.67. The number of hydrogen-bond acceptors (Lipinski definition) is 5. The van der Waals surface area contributed by atoms with Crippen LogP contribution in [0.4, 0.5) is 0 Å². The minimum absolute atomic E-state index is 0.00810. The second kappa shape index (κ2) is 5.50. The molecule has 7 nitrogen and oxygen atoms in total. The average Bonchev–Trinajstić information content (AvgIpc) is 3.24. The molecule has 6 N–H and O–H groups in total. The maximum absolute atomic E-state index is 12.3. The van der Waals surface area contributed by atoms with E-state index in [0.717, 1.165) is 5.56 Å². The van der Waals surface area contributed by atoms with Crippen LogP contribution in [-0.4, -0.2) is 44.9 Å². The molecule has 0 unspecified atom stereocenters. The fourth-order valence-corrected chi connectivity index (χ4v) is 3.35. The number of benzene rings is 1. The molecule has 2 saturated carbocycles. The summed E-state index contributed by atoms with van der Waals surface area (Å²) in [5.74, 6) is -2.11. The summed E-state index contributed by atoms with van der Waals surface area (Å²) in [6, 6.07) is 5.38. The van der Waals surface area contributed by atoms with Crippen LogP contribution in [0.25, 0.3) is 0 Å². The Bertz CT molecular complexity index is 632. The molecule has 1 aromatic rings. The number of amides is 1. The minimum atomic E-state index is -1.46. The number of phenolic OH excluding ortho intramolecular Hbond substituents is 1. The molecule has 5 atom stereocenters.